The summed E-state index contributed by atoms with van der Waals surface area (Å²) in [4.78, 5) is 3.11. The topological polar surface area (TPSA) is 91.2 Å². The van der Waals surface area contributed by atoms with Crippen LogP contribution in [0.5, 0.6) is 0 Å². The third kappa shape index (κ3) is 5.55. The average Bonchev–Trinajstić information content (AvgIpc) is 3.24. The second-order valence-corrected chi connectivity index (χ2v) is 12.1. The Labute approximate surface area is 228 Å². The monoisotopic (exact) mass is 528 g/mol. The van der Waals surface area contributed by atoms with Gasteiger partial charge in [0.2, 0.25) is 0 Å². The number of benzene rings is 2. The predicted molar refractivity (Wildman–Crippen MR) is 152 cm³/mol. The molecule has 0 amide bonds. The third-order valence-corrected chi connectivity index (χ3v) is 9.56. The number of nitrogens with zero attached hydrogens (tertiary/aromatic N) is 5. The first-order valence-electron chi connectivity index (χ1n) is 13.5. The molecule has 2 N–H and O–H groups in total. The smallest absolute Gasteiger partial charge is 0.127 e. The normalized spacial score (nSPS) is 19.6. The van der Waals surface area contributed by atoms with E-state index in [9.17, 15) is 9.47 Å². The Kier molecular flexibility index (Phi) is 7.97. The molecule has 0 bridgehead atoms. The zero-order chi connectivity index (χ0) is 26.8. The highest BCUT2D eigenvalue weighted by Crippen LogP contribution is 2.31. The van der Waals surface area contributed by atoms with Crippen LogP contribution in [0.4, 0.5) is 0 Å². The number of aromatic nitrogens is 2. The van der Waals surface area contributed by atoms with E-state index in [1.807, 2.05) is 22.1 Å². The van der Waals surface area contributed by atoms with Gasteiger partial charge in [0.1, 0.15) is 17.1 Å². The largest absolute Gasteiger partial charge is 0.328 e. The number of hydrogen-bond donors (Lipinski definition) is 1. The molecule has 2 unspecified atom stereocenters. The Hall–Kier alpha value is -3.01. The van der Waals surface area contributed by atoms with Crippen LogP contribution in [-0.4, -0.2) is 61.5 Å². The van der Waals surface area contributed by atoms with Crippen molar-refractivity contribution >= 4 is 21.9 Å². The Morgan fingerprint density at radius 3 is 2.50 bits per heavy atom. The summed E-state index contributed by atoms with van der Waals surface area (Å²) in [5, 5.41) is 15.4. The SMILES string of the molecule is Cc1nn(C)c2cc(C3CCN(C(C)C#Cc4cc(S(=O)N5CCC(N)CC5)ccc4C#N)CC3)ccc12. The molecule has 0 spiro atoms. The number of fused-ring (bicyclic) bond motifs is 1. The average molecular weight is 529 g/mol. The molecule has 8 heteroatoms. The van der Waals surface area contributed by atoms with Crippen LogP contribution >= 0.6 is 0 Å². The van der Waals surface area contributed by atoms with E-state index in [4.69, 9.17) is 5.73 Å². The standard InChI is InChI=1S/C30H36N6OS/c1-21(35-14-10-23(11-15-35)25-7-9-29-22(2)33-34(3)30(29)19-25)4-5-24-18-28(8-6-26(24)20-31)38(37)36-16-12-27(32)13-17-36/h6-9,18-19,21,23,27H,10-17,32H2,1-3H3. The minimum Gasteiger partial charge on any atom is -0.328 e. The van der Waals surface area contributed by atoms with E-state index in [0.29, 0.717) is 21.9 Å². The van der Waals surface area contributed by atoms with Gasteiger partial charge in [0.15, 0.2) is 0 Å². The van der Waals surface area contributed by atoms with Crippen molar-refractivity contribution in [3.8, 4) is 17.9 Å². The van der Waals surface area contributed by atoms with Crippen LogP contribution < -0.4 is 5.73 Å². The molecule has 0 saturated carbocycles. The van der Waals surface area contributed by atoms with E-state index in [0.717, 1.165) is 57.6 Å². The van der Waals surface area contributed by atoms with Gasteiger partial charge < -0.3 is 5.73 Å². The molecule has 0 radical (unpaired) electrons. The summed E-state index contributed by atoms with van der Waals surface area (Å²) in [5.74, 6) is 7.14. The van der Waals surface area contributed by atoms with Crippen LogP contribution in [0.25, 0.3) is 10.9 Å². The summed E-state index contributed by atoms with van der Waals surface area (Å²) >= 11 is 0. The number of nitrogens with two attached hydrogens (primary N) is 1. The van der Waals surface area contributed by atoms with Gasteiger partial charge in [-0.05, 0) is 88.4 Å². The van der Waals surface area contributed by atoms with E-state index >= 15 is 0 Å². The molecule has 2 aliphatic rings. The Morgan fingerprint density at radius 1 is 1.05 bits per heavy atom. The molecule has 2 saturated heterocycles. The minimum atomic E-state index is -1.27. The number of nitriles is 1. The van der Waals surface area contributed by atoms with E-state index in [-0.39, 0.29) is 12.1 Å². The molecule has 5 rings (SSSR count). The lowest BCUT2D eigenvalue weighted by Crippen LogP contribution is -2.40. The highest BCUT2D eigenvalue weighted by Gasteiger charge is 2.24. The van der Waals surface area contributed by atoms with Gasteiger partial charge in [-0.2, -0.15) is 10.4 Å². The van der Waals surface area contributed by atoms with Crippen molar-refractivity contribution in [3.63, 3.8) is 0 Å². The molecule has 2 aromatic carbocycles. The number of piperidine rings is 2. The molecular weight excluding hydrogens is 492 g/mol. The van der Waals surface area contributed by atoms with Gasteiger partial charge in [-0.1, -0.05) is 24.0 Å². The summed E-state index contributed by atoms with van der Waals surface area (Å²) in [7, 11) is 0.740. The Morgan fingerprint density at radius 2 is 1.79 bits per heavy atom. The van der Waals surface area contributed by atoms with Crippen LogP contribution in [0.2, 0.25) is 0 Å². The first-order valence-corrected chi connectivity index (χ1v) is 14.6. The van der Waals surface area contributed by atoms with Gasteiger partial charge in [-0.25, -0.2) is 8.51 Å². The van der Waals surface area contributed by atoms with Crippen LogP contribution in [0.1, 0.15) is 60.9 Å². The van der Waals surface area contributed by atoms with Crippen molar-refractivity contribution < 1.29 is 4.21 Å². The third-order valence-electron chi connectivity index (χ3n) is 8.07. The van der Waals surface area contributed by atoms with Gasteiger partial charge in [0.25, 0.3) is 0 Å². The fourth-order valence-corrected chi connectivity index (χ4v) is 6.87. The molecule has 2 fully saturated rings. The molecule has 2 aliphatic heterocycles. The zero-order valence-corrected chi connectivity index (χ0v) is 23.3. The van der Waals surface area contributed by atoms with Crippen LogP contribution in [-0.2, 0) is 18.0 Å². The first-order chi connectivity index (χ1) is 18.3. The molecule has 1 aromatic heterocycles. The van der Waals surface area contributed by atoms with Crippen molar-refractivity contribution in [1.29, 1.82) is 5.26 Å². The van der Waals surface area contributed by atoms with E-state index in [2.05, 4.69) is 60.0 Å². The van der Waals surface area contributed by atoms with E-state index < -0.39 is 11.0 Å². The fraction of sp³-hybridized carbons (Fsp3) is 0.467. The maximum atomic E-state index is 13.1. The Balaban J connectivity index is 1.25. The van der Waals surface area contributed by atoms with Crippen LogP contribution in [0, 0.1) is 30.1 Å². The summed E-state index contributed by atoms with van der Waals surface area (Å²) in [5.41, 5.74) is 10.8. The van der Waals surface area contributed by atoms with E-state index in [1.54, 1.807) is 12.1 Å². The predicted octanol–water partition coefficient (Wildman–Crippen LogP) is 3.82. The zero-order valence-electron chi connectivity index (χ0n) is 22.5. The van der Waals surface area contributed by atoms with Gasteiger partial charge in [-0.3, -0.25) is 9.58 Å². The molecule has 3 heterocycles. The van der Waals surface area contributed by atoms with Crippen molar-refractivity contribution in [2.45, 2.75) is 62.4 Å². The quantitative estimate of drug-likeness (QED) is 0.520. The lowest BCUT2D eigenvalue weighted by molar-refractivity contribution is 0.191. The molecule has 0 aliphatic carbocycles. The fourth-order valence-electron chi connectivity index (χ4n) is 5.63. The van der Waals surface area contributed by atoms with E-state index in [1.165, 1.54) is 16.5 Å². The highest BCUT2D eigenvalue weighted by molar-refractivity contribution is 7.82. The van der Waals surface area contributed by atoms with Gasteiger partial charge in [0.05, 0.1) is 27.7 Å². The van der Waals surface area contributed by atoms with Gasteiger partial charge in [-0.15, -0.1) is 0 Å². The van der Waals surface area contributed by atoms with Crippen molar-refractivity contribution in [1.82, 2.24) is 19.0 Å². The highest BCUT2D eigenvalue weighted by atomic mass is 32.2. The molecule has 3 aromatic rings. The molecule has 198 valence electrons. The lowest BCUT2D eigenvalue weighted by atomic mass is 9.88. The second-order valence-electron chi connectivity index (χ2n) is 10.6. The van der Waals surface area contributed by atoms with Crippen molar-refractivity contribution in [2.24, 2.45) is 12.8 Å². The number of aryl methyl sites for hydroxylation is 2. The first kappa shape index (κ1) is 26.6. The van der Waals surface area contributed by atoms with Gasteiger partial charge in [0, 0.05) is 37.1 Å². The van der Waals surface area contributed by atoms with Crippen molar-refractivity contribution in [3.05, 3.63) is 58.8 Å². The summed E-state index contributed by atoms with van der Waals surface area (Å²) in [6, 6.07) is 14.6. The van der Waals surface area contributed by atoms with Crippen LogP contribution in [0.15, 0.2) is 41.3 Å². The lowest BCUT2D eigenvalue weighted by Gasteiger charge is -2.34. The molecule has 7 nitrogen and oxygen atoms in total. The number of hydrogen-bond acceptors (Lipinski definition) is 5. The number of rotatable bonds is 4. The van der Waals surface area contributed by atoms with Crippen LogP contribution in [0.3, 0.4) is 0 Å². The molecule has 2 atom stereocenters. The summed E-state index contributed by atoms with van der Waals surface area (Å²) in [6.45, 7) is 7.59. The summed E-state index contributed by atoms with van der Waals surface area (Å²) in [6.07, 6.45) is 3.87. The minimum absolute atomic E-state index is 0.0717. The second kappa shape index (κ2) is 11.4. The molecular formula is C30H36N6OS. The maximum absolute atomic E-state index is 13.1. The number of likely N-dealkylation sites (tertiary alicyclic amines) is 1. The molecule has 38 heavy (non-hydrogen) atoms. The van der Waals surface area contributed by atoms with Crippen molar-refractivity contribution in [2.75, 3.05) is 26.2 Å². The Bertz CT molecular complexity index is 1450. The summed E-state index contributed by atoms with van der Waals surface area (Å²) < 4.78 is 17.1. The maximum Gasteiger partial charge on any atom is 0.127 e. The van der Waals surface area contributed by atoms with Gasteiger partial charge >= 0.3 is 0 Å².